The SMILES string of the molecule is CCN(CC(=O)N(C)C)c1ccc(Cl)cc1CNC1CC1. The first-order chi connectivity index (χ1) is 10.0. The molecule has 1 aromatic rings. The van der Waals surface area contributed by atoms with E-state index in [1.807, 2.05) is 18.2 Å². The van der Waals surface area contributed by atoms with Gasteiger partial charge in [0, 0.05) is 43.9 Å². The number of rotatable bonds is 7. The number of nitrogens with zero attached hydrogens (tertiary/aromatic N) is 2. The number of anilines is 1. The van der Waals surface area contributed by atoms with Gasteiger partial charge in [0.05, 0.1) is 6.54 Å². The molecule has 21 heavy (non-hydrogen) atoms. The van der Waals surface area contributed by atoms with Gasteiger partial charge in [0.2, 0.25) is 5.91 Å². The summed E-state index contributed by atoms with van der Waals surface area (Å²) in [5.74, 6) is 0.105. The Hall–Kier alpha value is -1.26. The van der Waals surface area contributed by atoms with Crippen LogP contribution < -0.4 is 10.2 Å². The van der Waals surface area contributed by atoms with E-state index in [2.05, 4.69) is 17.1 Å². The maximum atomic E-state index is 12.0. The molecule has 116 valence electrons. The number of halogens is 1. The van der Waals surface area contributed by atoms with Crippen molar-refractivity contribution in [3.63, 3.8) is 0 Å². The third-order valence-corrected chi connectivity index (χ3v) is 3.98. The molecule has 0 bridgehead atoms. The quantitative estimate of drug-likeness (QED) is 0.840. The first-order valence-electron chi connectivity index (χ1n) is 7.48. The number of likely N-dealkylation sites (N-methyl/N-ethyl adjacent to an activating group) is 2. The van der Waals surface area contributed by atoms with Gasteiger partial charge in [-0.15, -0.1) is 0 Å². The molecule has 1 saturated carbocycles. The highest BCUT2D eigenvalue weighted by Crippen LogP contribution is 2.26. The lowest BCUT2D eigenvalue weighted by Gasteiger charge is -2.27. The van der Waals surface area contributed by atoms with Crippen LogP contribution in [0.4, 0.5) is 5.69 Å². The zero-order chi connectivity index (χ0) is 15.4. The molecule has 4 nitrogen and oxygen atoms in total. The van der Waals surface area contributed by atoms with Gasteiger partial charge in [0.25, 0.3) is 0 Å². The Labute approximate surface area is 132 Å². The molecule has 0 saturated heterocycles. The Morgan fingerprint density at radius 1 is 1.38 bits per heavy atom. The molecule has 0 radical (unpaired) electrons. The molecular weight excluding hydrogens is 286 g/mol. The maximum Gasteiger partial charge on any atom is 0.241 e. The molecule has 1 aliphatic carbocycles. The lowest BCUT2D eigenvalue weighted by Crippen LogP contribution is -2.37. The van der Waals surface area contributed by atoms with Crippen molar-refractivity contribution in [1.82, 2.24) is 10.2 Å². The molecule has 5 heteroatoms. The summed E-state index contributed by atoms with van der Waals surface area (Å²) in [4.78, 5) is 15.7. The highest BCUT2D eigenvalue weighted by Gasteiger charge is 2.21. The van der Waals surface area contributed by atoms with Gasteiger partial charge in [-0.2, -0.15) is 0 Å². The zero-order valence-corrected chi connectivity index (χ0v) is 13.8. The van der Waals surface area contributed by atoms with Crippen LogP contribution in [0.2, 0.25) is 5.02 Å². The third-order valence-electron chi connectivity index (χ3n) is 3.75. The molecular formula is C16H24ClN3O. The first-order valence-corrected chi connectivity index (χ1v) is 7.86. The fourth-order valence-corrected chi connectivity index (χ4v) is 2.41. The largest absolute Gasteiger partial charge is 0.362 e. The molecule has 1 amide bonds. The minimum Gasteiger partial charge on any atom is -0.362 e. The molecule has 0 aromatic heterocycles. The maximum absolute atomic E-state index is 12.0. The van der Waals surface area contributed by atoms with E-state index in [1.165, 1.54) is 12.8 Å². The highest BCUT2D eigenvalue weighted by atomic mass is 35.5. The molecule has 0 heterocycles. The second-order valence-corrected chi connectivity index (χ2v) is 6.17. The Bertz CT molecular complexity index is 500. The highest BCUT2D eigenvalue weighted by molar-refractivity contribution is 6.30. The predicted molar refractivity (Wildman–Crippen MR) is 87.9 cm³/mol. The summed E-state index contributed by atoms with van der Waals surface area (Å²) in [6, 6.07) is 6.55. The van der Waals surface area contributed by atoms with Crippen molar-refractivity contribution >= 4 is 23.2 Å². The van der Waals surface area contributed by atoms with Gasteiger partial charge < -0.3 is 15.1 Å². The van der Waals surface area contributed by atoms with Gasteiger partial charge >= 0.3 is 0 Å². The number of benzene rings is 1. The van der Waals surface area contributed by atoms with Gasteiger partial charge in [-0.25, -0.2) is 0 Å². The van der Waals surface area contributed by atoms with Gasteiger partial charge in [0.1, 0.15) is 0 Å². The van der Waals surface area contributed by atoms with Crippen molar-refractivity contribution in [3.8, 4) is 0 Å². The van der Waals surface area contributed by atoms with Gasteiger partial charge in [-0.1, -0.05) is 11.6 Å². The van der Waals surface area contributed by atoms with Crippen molar-refractivity contribution in [2.24, 2.45) is 0 Å². The molecule has 1 aliphatic rings. The molecule has 0 aliphatic heterocycles. The van der Waals surface area contributed by atoms with Crippen molar-refractivity contribution in [2.75, 3.05) is 32.1 Å². The van der Waals surface area contributed by atoms with E-state index in [1.54, 1.807) is 19.0 Å². The lowest BCUT2D eigenvalue weighted by atomic mass is 10.1. The van der Waals surface area contributed by atoms with Crippen LogP contribution in [0.15, 0.2) is 18.2 Å². The first kappa shape index (κ1) is 16.1. The van der Waals surface area contributed by atoms with Crippen LogP contribution in [0.1, 0.15) is 25.3 Å². The third kappa shape index (κ3) is 4.61. The standard InChI is InChI=1S/C16H24ClN3O/c1-4-20(11-16(21)19(2)3)15-8-5-13(17)9-12(15)10-18-14-6-7-14/h5,8-9,14,18H,4,6-7,10-11H2,1-3H3. The number of hydrogen-bond donors (Lipinski definition) is 1. The van der Waals surface area contributed by atoms with Crippen LogP contribution >= 0.6 is 11.6 Å². The fourth-order valence-electron chi connectivity index (χ4n) is 2.22. The van der Waals surface area contributed by atoms with Gasteiger partial charge in [-0.05, 0) is 43.5 Å². The molecule has 1 aromatic carbocycles. The average Bonchev–Trinajstić information content (AvgIpc) is 3.27. The summed E-state index contributed by atoms with van der Waals surface area (Å²) in [6.07, 6.45) is 2.51. The number of hydrogen-bond acceptors (Lipinski definition) is 3. The average molecular weight is 310 g/mol. The molecule has 2 rings (SSSR count). The van der Waals surface area contributed by atoms with Crippen LogP contribution in [0.25, 0.3) is 0 Å². The number of nitrogens with one attached hydrogen (secondary N) is 1. The van der Waals surface area contributed by atoms with Crippen molar-refractivity contribution in [3.05, 3.63) is 28.8 Å². The number of amides is 1. The Kier molecular flexibility index (Phi) is 5.48. The Morgan fingerprint density at radius 2 is 2.10 bits per heavy atom. The van der Waals surface area contributed by atoms with Crippen molar-refractivity contribution in [2.45, 2.75) is 32.4 Å². The minimum atomic E-state index is 0.105. The lowest BCUT2D eigenvalue weighted by molar-refractivity contribution is -0.127. The summed E-state index contributed by atoms with van der Waals surface area (Å²) in [7, 11) is 3.57. The summed E-state index contributed by atoms with van der Waals surface area (Å²) < 4.78 is 0. The molecule has 0 spiro atoms. The molecule has 0 atom stereocenters. The van der Waals surface area contributed by atoms with E-state index in [-0.39, 0.29) is 5.91 Å². The monoisotopic (exact) mass is 309 g/mol. The number of carbonyl (C=O) groups excluding carboxylic acids is 1. The Balaban J connectivity index is 2.15. The van der Waals surface area contributed by atoms with E-state index in [9.17, 15) is 4.79 Å². The predicted octanol–water partition coefficient (Wildman–Crippen LogP) is 2.51. The molecule has 1 N–H and O–H groups in total. The second-order valence-electron chi connectivity index (χ2n) is 5.73. The van der Waals surface area contributed by atoms with E-state index < -0.39 is 0 Å². The summed E-state index contributed by atoms with van der Waals surface area (Å²) in [6.45, 7) is 4.04. The zero-order valence-electron chi connectivity index (χ0n) is 13.0. The van der Waals surface area contributed by atoms with Crippen LogP contribution in [0.5, 0.6) is 0 Å². The van der Waals surface area contributed by atoms with Crippen molar-refractivity contribution < 1.29 is 4.79 Å². The number of carbonyl (C=O) groups is 1. The van der Waals surface area contributed by atoms with Crippen LogP contribution in [-0.2, 0) is 11.3 Å². The van der Waals surface area contributed by atoms with Gasteiger partial charge in [-0.3, -0.25) is 4.79 Å². The second kappa shape index (κ2) is 7.14. The summed E-state index contributed by atoms with van der Waals surface area (Å²) in [5, 5.41) is 4.25. The van der Waals surface area contributed by atoms with E-state index in [0.717, 1.165) is 29.4 Å². The normalized spacial score (nSPS) is 14.1. The van der Waals surface area contributed by atoms with Crippen LogP contribution in [-0.4, -0.2) is 44.0 Å². The van der Waals surface area contributed by atoms with Crippen molar-refractivity contribution in [1.29, 1.82) is 0 Å². The van der Waals surface area contributed by atoms with E-state index in [4.69, 9.17) is 11.6 Å². The van der Waals surface area contributed by atoms with Gasteiger partial charge in [0.15, 0.2) is 0 Å². The Morgan fingerprint density at radius 3 is 2.67 bits per heavy atom. The smallest absolute Gasteiger partial charge is 0.241 e. The minimum absolute atomic E-state index is 0.105. The summed E-state index contributed by atoms with van der Waals surface area (Å²) in [5.41, 5.74) is 2.24. The fraction of sp³-hybridized carbons (Fsp3) is 0.562. The molecule has 1 fully saturated rings. The van der Waals surface area contributed by atoms with E-state index >= 15 is 0 Å². The summed E-state index contributed by atoms with van der Waals surface area (Å²) >= 11 is 6.13. The topological polar surface area (TPSA) is 35.6 Å². The van der Waals surface area contributed by atoms with E-state index in [0.29, 0.717) is 12.6 Å². The van der Waals surface area contributed by atoms with Crippen LogP contribution in [0.3, 0.4) is 0 Å². The van der Waals surface area contributed by atoms with Crippen LogP contribution in [0, 0.1) is 0 Å². The molecule has 0 unspecified atom stereocenters.